The normalized spacial score (nSPS) is 26.0. The van der Waals surface area contributed by atoms with Crippen LogP contribution in [0.15, 0.2) is 60.7 Å². The summed E-state index contributed by atoms with van der Waals surface area (Å²) in [6.45, 7) is 4.66. The summed E-state index contributed by atoms with van der Waals surface area (Å²) in [5.74, 6) is 1.59. The van der Waals surface area contributed by atoms with Gasteiger partial charge in [-0.25, -0.2) is 0 Å². The monoisotopic (exact) mass is 297 g/mol. The van der Waals surface area contributed by atoms with E-state index in [4.69, 9.17) is 0 Å². The molecule has 3 rings (SSSR count). The van der Waals surface area contributed by atoms with Crippen molar-refractivity contribution in [2.24, 2.45) is 0 Å². The summed E-state index contributed by atoms with van der Waals surface area (Å²) < 4.78 is 0. The van der Waals surface area contributed by atoms with Gasteiger partial charge in [-0.1, -0.05) is 60.7 Å². The molecule has 2 aromatic rings. The van der Waals surface area contributed by atoms with Crippen LogP contribution in [0.25, 0.3) is 0 Å². The smallest absolute Gasteiger partial charge is 0.0728 e. The van der Waals surface area contributed by atoms with E-state index in [-0.39, 0.29) is 4.87 Å². The van der Waals surface area contributed by atoms with Gasteiger partial charge in [0.15, 0.2) is 0 Å². The molecule has 0 radical (unpaired) electrons. The first-order valence-corrected chi connectivity index (χ1v) is 8.69. The summed E-state index contributed by atoms with van der Waals surface area (Å²) in [4.78, 5) is 0.0420. The van der Waals surface area contributed by atoms with E-state index < -0.39 is 0 Å². The minimum Gasteiger partial charge on any atom is -0.300 e. The van der Waals surface area contributed by atoms with E-state index >= 15 is 0 Å². The van der Waals surface area contributed by atoms with E-state index in [9.17, 15) is 0 Å². The predicted octanol–water partition coefficient (Wildman–Crippen LogP) is 4.65. The second-order valence-electron chi connectivity index (χ2n) is 6.04. The van der Waals surface area contributed by atoms with Crippen molar-refractivity contribution in [3.8, 4) is 0 Å². The van der Waals surface area contributed by atoms with Crippen molar-refractivity contribution in [2.45, 2.75) is 37.1 Å². The largest absolute Gasteiger partial charge is 0.300 e. The lowest BCUT2D eigenvalue weighted by Gasteiger charge is -2.44. The molecule has 21 heavy (non-hydrogen) atoms. The van der Waals surface area contributed by atoms with Crippen LogP contribution in [0, 0.1) is 0 Å². The van der Waals surface area contributed by atoms with Crippen molar-refractivity contribution in [1.29, 1.82) is 0 Å². The van der Waals surface area contributed by atoms with Crippen LogP contribution in [-0.4, -0.2) is 16.7 Å². The molecule has 1 saturated heterocycles. The van der Waals surface area contributed by atoms with Crippen molar-refractivity contribution in [2.75, 3.05) is 5.75 Å². The van der Waals surface area contributed by atoms with Crippen LogP contribution in [-0.2, 0) is 0 Å². The SMILES string of the molecule is CC1CCSC(C)(C(c2ccccc2)c2ccccc2)N1. The first-order valence-electron chi connectivity index (χ1n) is 7.70. The van der Waals surface area contributed by atoms with Crippen LogP contribution in [0.1, 0.15) is 37.3 Å². The van der Waals surface area contributed by atoms with E-state index in [2.05, 4.69) is 91.6 Å². The maximum Gasteiger partial charge on any atom is 0.0728 e. The van der Waals surface area contributed by atoms with E-state index in [1.807, 2.05) is 0 Å². The lowest BCUT2D eigenvalue weighted by Crippen LogP contribution is -2.52. The fourth-order valence-corrected chi connectivity index (χ4v) is 4.96. The predicted molar refractivity (Wildman–Crippen MR) is 92.8 cm³/mol. The minimum absolute atomic E-state index is 0.0420. The van der Waals surface area contributed by atoms with Crippen molar-refractivity contribution in [3.63, 3.8) is 0 Å². The topological polar surface area (TPSA) is 12.0 Å². The minimum atomic E-state index is 0.0420. The van der Waals surface area contributed by atoms with Gasteiger partial charge in [0, 0.05) is 12.0 Å². The second-order valence-corrected chi connectivity index (χ2v) is 7.59. The molecule has 0 spiro atoms. The quantitative estimate of drug-likeness (QED) is 0.885. The highest BCUT2D eigenvalue weighted by atomic mass is 32.2. The van der Waals surface area contributed by atoms with Gasteiger partial charge in [-0.3, -0.25) is 5.32 Å². The number of nitrogens with one attached hydrogen (secondary N) is 1. The molecule has 2 aromatic carbocycles. The third-order valence-electron chi connectivity index (χ3n) is 4.30. The third kappa shape index (κ3) is 3.17. The molecule has 0 saturated carbocycles. The van der Waals surface area contributed by atoms with Gasteiger partial charge in [0.1, 0.15) is 0 Å². The summed E-state index contributed by atoms with van der Waals surface area (Å²) in [5.41, 5.74) is 2.78. The maximum atomic E-state index is 3.85. The van der Waals surface area contributed by atoms with E-state index in [0.29, 0.717) is 12.0 Å². The molecule has 1 nitrogen and oxygen atoms in total. The Kier molecular flexibility index (Phi) is 4.37. The Hall–Kier alpha value is -1.25. The van der Waals surface area contributed by atoms with Crippen LogP contribution < -0.4 is 5.32 Å². The fraction of sp³-hybridized carbons (Fsp3) is 0.368. The Labute approximate surface area is 132 Å². The zero-order valence-electron chi connectivity index (χ0n) is 12.8. The van der Waals surface area contributed by atoms with Crippen LogP contribution in [0.2, 0.25) is 0 Å². The summed E-state index contributed by atoms with van der Waals surface area (Å²) in [6, 6.07) is 22.4. The number of thioether (sulfide) groups is 1. The van der Waals surface area contributed by atoms with Crippen LogP contribution >= 0.6 is 11.8 Å². The zero-order chi connectivity index (χ0) is 14.7. The van der Waals surface area contributed by atoms with Crippen LogP contribution in [0.4, 0.5) is 0 Å². The molecule has 1 heterocycles. The highest BCUT2D eigenvalue weighted by molar-refractivity contribution is 8.00. The standard InChI is InChI=1S/C19H23NS/c1-15-13-14-21-19(2,20-15)18(16-9-5-3-6-10-16)17-11-7-4-8-12-17/h3-12,15,18,20H,13-14H2,1-2H3. The molecule has 1 fully saturated rings. The van der Waals surface area contributed by atoms with Crippen LogP contribution in [0.5, 0.6) is 0 Å². The first kappa shape index (κ1) is 14.7. The number of rotatable bonds is 3. The molecule has 2 heteroatoms. The Balaban J connectivity index is 2.04. The van der Waals surface area contributed by atoms with Crippen LogP contribution in [0.3, 0.4) is 0 Å². The van der Waals surface area contributed by atoms with E-state index in [1.54, 1.807) is 0 Å². The highest BCUT2D eigenvalue weighted by Crippen LogP contribution is 2.44. The van der Waals surface area contributed by atoms with Gasteiger partial charge in [-0.05, 0) is 37.1 Å². The van der Waals surface area contributed by atoms with Crippen molar-refractivity contribution < 1.29 is 0 Å². The molecule has 1 N–H and O–H groups in total. The van der Waals surface area contributed by atoms with Gasteiger partial charge in [0.25, 0.3) is 0 Å². The summed E-state index contributed by atoms with van der Waals surface area (Å²) in [5, 5.41) is 3.85. The van der Waals surface area contributed by atoms with Gasteiger partial charge < -0.3 is 0 Å². The molecule has 0 aliphatic carbocycles. The lowest BCUT2D eigenvalue weighted by atomic mass is 9.84. The molecule has 0 bridgehead atoms. The summed E-state index contributed by atoms with van der Waals surface area (Å²) in [6.07, 6.45) is 1.25. The van der Waals surface area contributed by atoms with E-state index in [0.717, 1.165) is 0 Å². The highest BCUT2D eigenvalue weighted by Gasteiger charge is 2.39. The number of hydrogen-bond acceptors (Lipinski definition) is 2. The fourth-order valence-electron chi connectivity index (χ4n) is 3.34. The lowest BCUT2D eigenvalue weighted by molar-refractivity contribution is 0.380. The van der Waals surface area contributed by atoms with Gasteiger partial charge in [0.2, 0.25) is 0 Å². The molecular weight excluding hydrogens is 274 g/mol. The molecule has 0 amide bonds. The average Bonchev–Trinajstić information content (AvgIpc) is 2.49. The van der Waals surface area contributed by atoms with Gasteiger partial charge in [-0.2, -0.15) is 0 Å². The molecule has 2 atom stereocenters. The molecule has 110 valence electrons. The average molecular weight is 297 g/mol. The number of hydrogen-bond donors (Lipinski definition) is 1. The molecule has 2 unspecified atom stereocenters. The summed E-state index contributed by atoms with van der Waals surface area (Å²) >= 11 is 2.06. The molecule has 0 aromatic heterocycles. The summed E-state index contributed by atoms with van der Waals surface area (Å²) in [7, 11) is 0. The maximum absolute atomic E-state index is 3.85. The first-order chi connectivity index (χ1) is 10.2. The van der Waals surface area contributed by atoms with Crippen molar-refractivity contribution >= 4 is 11.8 Å². The third-order valence-corrected chi connectivity index (χ3v) is 5.70. The Bertz CT molecular complexity index is 529. The number of benzene rings is 2. The second kappa shape index (κ2) is 6.25. The molecular formula is C19H23NS. The zero-order valence-corrected chi connectivity index (χ0v) is 13.6. The molecule has 1 aliphatic heterocycles. The van der Waals surface area contributed by atoms with Crippen molar-refractivity contribution in [1.82, 2.24) is 5.32 Å². The molecule has 1 aliphatic rings. The van der Waals surface area contributed by atoms with Gasteiger partial charge in [-0.15, -0.1) is 11.8 Å². The van der Waals surface area contributed by atoms with Gasteiger partial charge >= 0.3 is 0 Å². The van der Waals surface area contributed by atoms with Gasteiger partial charge in [0.05, 0.1) is 4.87 Å². The Morgan fingerprint density at radius 3 is 2.00 bits per heavy atom. The van der Waals surface area contributed by atoms with E-state index in [1.165, 1.54) is 23.3 Å². The Morgan fingerprint density at radius 1 is 1.00 bits per heavy atom. The van der Waals surface area contributed by atoms with Crippen molar-refractivity contribution in [3.05, 3.63) is 71.8 Å². The Morgan fingerprint density at radius 2 is 1.52 bits per heavy atom.